The molecule has 0 aliphatic rings. The number of pyridine rings is 2. The van der Waals surface area contributed by atoms with E-state index in [1.807, 2.05) is 36.5 Å². The number of hydrogen-bond donors (Lipinski definition) is 1. The van der Waals surface area contributed by atoms with Gasteiger partial charge in [0.25, 0.3) is 0 Å². The molecule has 3 aromatic rings. The average Bonchev–Trinajstić information content (AvgIpc) is 2.44. The molecule has 0 saturated heterocycles. The lowest BCUT2D eigenvalue weighted by molar-refractivity contribution is 1.25. The Labute approximate surface area is 109 Å². The Kier molecular flexibility index (Phi) is 2.86. The van der Waals surface area contributed by atoms with Crippen LogP contribution in [0, 0.1) is 0 Å². The molecule has 0 aliphatic heterocycles. The molecule has 0 saturated carbocycles. The maximum Gasteiger partial charge on any atom is 0.131 e. The second-order valence-corrected chi connectivity index (χ2v) is 4.95. The predicted molar refractivity (Wildman–Crippen MR) is 74.5 cm³/mol. The number of fused-ring (bicyclic) bond motifs is 1. The van der Waals surface area contributed by atoms with E-state index in [1.54, 1.807) is 24.2 Å². The first-order valence-electron chi connectivity index (χ1n) is 5.56. The van der Waals surface area contributed by atoms with Crippen LogP contribution in [-0.2, 0) is 0 Å². The fraction of sp³-hybridized carbons (Fsp3) is 0. The van der Waals surface area contributed by atoms with E-state index < -0.39 is 0 Å². The van der Waals surface area contributed by atoms with E-state index in [1.165, 1.54) is 0 Å². The van der Waals surface area contributed by atoms with Crippen LogP contribution >= 0.6 is 11.8 Å². The average molecular weight is 253 g/mol. The van der Waals surface area contributed by atoms with Gasteiger partial charge in [0.2, 0.25) is 0 Å². The standard InChI is InChI=1S/C14H11N3S/c15-14-12-4-2-1-3-11(12)13(9-17-14)18-10-5-7-16-8-6-10/h1-9H,(H2,15,17). The zero-order valence-electron chi connectivity index (χ0n) is 9.58. The van der Waals surface area contributed by atoms with Gasteiger partial charge in [0.05, 0.1) is 0 Å². The highest BCUT2D eigenvalue weighted by Crippen LogP contribution is 2.34. The summed E-state index contributed by atoms with van der Waals surface area (Å²) in [5.41, 5.74) is 5.89. The van der Waals surface area contributed by atoms with Crippen LogP contribution in [0.25, 0.3) is 10.8 Å². The van der Waals surface area contributed by atoms with E-state index in [4.69, 9.17) is 5.73 Å². The van der Waals surface area contributed by atoms with Gasteiger partial charge < -0.3 is 5.73 Å². The Balaban J connectivity index is 2.10. The number of hydrogen-bond acceptors (Lipinski definition) is 4. The Bertz CT molecular complexity index is 683. The van der Waals surface area contributed by atoms with Gasteiger partial charge in [-0.3, -0.25) is 4.98 Å². The quantitative estimate of drug-likeness (QED) is 0.760. The highest BCUT2D eigenvalue weighted by Gasteiger charge is 2.06. The Morgan fingerprint density at radius 1 is 0.944 bits per heavy atom. The van der Waals surface area contributed by atoms with Gasteiger partial charge in [-0.15, -0.1) is 0 Å². The van der Waals surface area contributed by atoms with E-state index >= 15 is 0 Å². The third kappa shape index (κ3) is 2.02. The second-order valence-electron chi connectivity index (χ2n) is 3.84. The number of nitrogen functional groups attached to an aromatic ring is 1. The van der Waals surface area contributed by atoms with Gasteiger partial charge in [-0.1, -0.05) is 36.0 Å². The second kappa shape index (κ2) is 4.66. The highest BCUT2D eigenvalue weighted by atomic mass is 32.2. The summed E-state index contributed by atoms with van der Waals surface area (Å²) in [5, 5.41) is 2.13. The molecule has 3 nitrogen and oxygen atoms in total. The van der Waals surface area contributed by atoms with Crippen LogP contribution in [0.5, 0.6) is 0 Å². The van der Waals surface area contributed by atoms with Crippen molar-refractivity contribution in [1.82, 2.24) is 9.97 Å². The zero-order valence-corrected chi connectivity index (χ0v) is 10.4. The first-order valence-corrected chi connectivity index (χ1v) is 6.37. The molecule has 0 atom stereocenters. The molecule has 18 heavy (non-hydrogen) atoms. The van der Waals surface area contributed by atoms with E-state index in [0.717, 1.165) is 20.6 Å². The minimum absolute atomic E-state index is 0.574. The summed E-state index contributed by atoms with van der Waals surface area (Å²) in [5.74, 6) is 0.574. The van der Waals surface area contributed by atoms with Gasteiger partial charge in [0, 0.05) is 39.2 Å². The molecule has 2 N–H and O–H groups in total. The SMILES string of the molecule is Nc1ncc(Sc2ccncc2)c2ccccc12. The predicted octanol–water partition coefficient (Wildman–Crippen LogP) is 3.36. The van der Waals surface area contributed by atoms with E-state index in [-0.39, 0.29) is 0 Å². The highest BCUT2D eigenvalue weighted by molar-refractivity contribution is 7.99. The molecule has 3 rings (SSSR count). The minimum Gasteiger partial charge on any atom is -0.383 e. The largest absolute Gasteiger partial charge is 0.383 e. The van der Waals surface area contributed by atoms with Crippen molar-refractivity contribution in [1.29, 1.82) is 0 Å². The van der Waals surface area contributed by atoms with E-state index in [0.29, 0.717) is 5.82 Å². The van der Waals surface area contributed by atoms with Crippen LogP contribution < -0.4 is 5.73 Å². The smallest absolute Gasteiger partial charge is 0.131 e. The molecular formula is C14H11N3S. The molecule has 1 aromatic carbocycles. The Morgan fingerprint density at radius 3 is 2.44 bits per heavy atom. The van der Waals surface area contributed by atoms with Gasteiger partial charge in [0.15, 0.2) is 0 Å². The molecule has 0 amide bonds. The fourth-order valence-corrected chi connectivity index (χ4v) is 2.71. The Hall–Kier alpha value is -2.07. The molecule has 0 spiro atoms. The normalized spacial score (nSPS) is 10.7. The summed E-state index contributed by atoms with van der Waals surface area (Å²) in [6.07, 6.45) is 5.40. The third-order valence-corrected chi connectivity index (χ3v) is 3.72. The van der Waals surface area contributed by atoms with Crippen LogP contribution in [0.4, 0.5) is 5.82 Å². The molecular weight excluding hydrogens is 242 g/mol. The molecule has 0 fully saturated rings. The lowest BCUT2D eigenvalue weighted by Crippen LogP contribution is -1.92. The first-order chi connectivity index (χ1) is 8.84. The lowest BCUT2D eigenvalue weighted by atomic mass is 10.2. The van der Waals surface area contributed by atoms with Crippen LogP contribution in [0.2, 0.25) is 0 Å². The molecule has 2 heterocycles. The number of aromatic nitrogens is 2. The monoisotopic (exact) mass is 253 g/mol. The van der Waals surface area contributed by atoms with Crippen molar-refractivity contribution < 1.29 is 0 Å². The number of nitrogens with zero attached hydrogens (tertiary/aromatic N) is 2. The topological polar surface area (TPSA) is 51.8 Å². The molecule has 0 unspecified atom stereocenters. The number of rotatable bonds is 2. The van der Waals surface area contributed by atoms with E-state index in [2.05, 4.69) is 16.0 Å². The molecule has 88 valence electrons. The van der Waals surface area contributed by atoms with Crippen LogP contribution in [-0.4, -0.2) is 9.97 Å². The maximum absolute atomic E-state index is 5.89. The van der Waals surface area contributed by atoms with Gasteiger partial charge in [0.1, 0.15) is 5.82 Å². The summed E-state index contributed by atoms with van der Waals surface area (Å²) in [6.45, 7) is 0. The van der Waals surface area contributed by atoms with Crippen molar-refractivity contribution in [2.75, 3.05) is 5.73 Å². The van der Waals surface area contributed by atoms with Crippen LogP contribution in [0.3, 0.4) is 0 Å². The van der Waals surface area contributed by atoms with Gasteiger partial charge in [-0.25, -0.2) is 4.98 Å². The Morgan fingerprint density at radius 2 is 1.67 bits per heavy atom. The van der Waals surface area contributed by atoms with Crippen molar-refractivity contribution in [3.63, 3.8) is 0 Å². The molecule has 0 aliphatic carbocycles. The number of nitrogens with two attached hydrogens (primary N) is 1. The summed E-state index contributed by atoms with van der Waals surface area (Å²) in [6, 6.07) is 12.0. The van der Waals surface area contributed by atoms with Crippen LogP contribution in [0.15, 0.2) is 64.8 Å². The van der Waals surface area contributed by atoms with E-state index in [9.17, 15) is 0 Å². The number of benzene rings is 1. The van der Waals surface area contributed by atoms with Crippen molar-refractivity contribution in [2.45, 2.75) is 9.79 Å². The molecule has 4 heteroatoms. The zero-order chi connectivity index (χ0) is 12.4. The van der Waals surface area contributed by atoms with Crippen molar-refractivity contribution in [3.8, 4) is 0 Å². The fourth-order valence-electron chi connectivity index (χ4n) is 1.80. The summed E-state index contributed by atoms with van der Waals surface area (Å²) in [4.78, 5) is 10.5. The van der Waals surface area contributed by atoms with Crippen molar-refractivity contribution in [3.05, 3.63) is 55.0 Å². The van der Waals surface area contributed by atoms with Gasteiger partial charge >= 0.3 is 0 Å². The van der Waals surface area contributed by atoms with Crippen LogP contribution in [0.1, 0.15) is 0 Å². The van der Waals surface area contributed by atoms with Crippen molar-refractivity contribution in [2.24, 2.45) is 0 Å². The summed E-state index contributed by atoms with van der Waals surface area (Å²) < 4.78 is 0. The number of anilines is 1. The molecule has 2 aromatic heterocycles. The molecule has 0 bridgehead atoms. The lowest BCUT2D eigenvalue weighted by Gasteiger charge is -2.07. The minimum atomic E-state index is 0.574. The first kappa shape index (κ1) is 11.0. The van der Waals surface area contributed by atoms with Gasteiger partial charge in [-0.2, -0.15) is 0 Å². The molecule has 0 radical (unpaired) electrons. The summed E-state index contributed by atoms with van der Waals surface area (Å²) in [7, 11) is 0. The maximum atomic E-state index is 5.89. The summed E-state index contributed by atoms with van der Waals surface area (Å²) >= 11 is 1.67. The third-order valence-electron chi connectivity index (χ3n) is 2.67. The van der Waals surface area contributed by atoms with Gasteiger partial charge in [-0.05, 0) is 12.1 Å². The van der Waals surface area contributed by atoms with Crippen molar-refractivity contribution >= 4 is 28.4 Å².